The highest BCUT2D eigenvalue weighted by atomic mass is 16.2. The average molecular weight is 276 g/mol. The van der Waals surface area contributed by atoms with Gasteiger partial charge < -0.3 is 10.2 Å². The Bertz CT molecular complexity index is 473. The standard InChI is InChI=1S/C15H24N4O/c1-11-5-8-16-14(17-11)19-9-6-12(7-10-19)13(20)18-15(2,3)4/h5,8,12H,6-7,9-10H2,1-4H3,(H,18,20). The summed E-state index contributed by atoms with van der Waals surface area (Å²) < 4.78 is 0. The lowest BCUT2D eigenvalue weighted by Crippen LogP contribution is -2.47. The molecule has 0 aromatic carbocycles. The van der Waals surface area contributed by atoms with E-state index in [2.05, 4.69) is 20.2 Å². The number of anilines is 1. The number of aromatic nitrogens is 2. The quantitative estimate of drug-likeness (QED) is 0.896. The number of hydrogen-bond acceptors (Lipinski definition) is 4. The largest absolute Gasteiger partial charge is 0.351 e. The van der Waals surface area contributed by atoms with Gasteiger partial charge in [-0.1, -0.05) is 0 Å². The highest BCUT2D eigenvalue weighted by Gasteiger charge is 2.28. The summed E-state index contributed by atoms with van der Waals surface area (Å²) in [6.07, 6.45) is 3.51. The van der Waals surface area contributed by atoms with Gasteiger partial charge in [0, 0.05) is 36.4 Å². The Hall–Kier alpha value is -1.65. The lowest BCUT2D eigenvalue weighted by Gasteiger charge is -2.33. The zero-order valence-electron chi connectivity index (χ0n) is 12.8. The molecule has 1 aliphatic rings. The minimum absolute atomic E-state index is 0.107. The van der Waals surface area contributed by atoms with Crippen molar-refractivity contribution in [3.63, 3.8) is 0 Å². The number of amides is 1. The molecule has 0 bridgehead atoms. The second kappa shape index (κ2) is 5.77. The van der Waals surface area contributed by atoms with Crippen LogP contribution >= 0.6 is 0 Å². The normalized spacial score (nSPS) is 17.1. The maximum Gasteiger partial charge on any atom is 0.225 e. The van der Waals surface area contributed by atoms with Gasteiger partial charge in [-0.25, -0.2) is 9.97 Å². The van der Waals surface area contributed by atoms with Gasteiger partial charge in [0.05, 0.1) is 0 Å². The topological polar surface area (TPSA) is 58.1 Å². The molecule has 1 aliphatic heterocycles. The highest BCUT2D eigenvalue weighted by Crippen LogP contribution is 2.21. The van der Waals surface area contributed by atoms with E-state index in [9.17, 15) is 4.79 Å². The van der Waals surface area contributed by atoms with E-state index >= 15 is 0 Å². The summed E-state index contributed by atoms with van der Waals surface area (Å²) in [5, 5.41) is 3.06. The van der Waals surface area contributed by atoms with E-state index in [1.165, 1.54) is 0 Å². The summed E-state index contributed by atoms with van der Waals surface area (Å²) in [5.41, 5.74) is 0.816. The van der Waals surface area contributed by atoms with Crippen molar-refractivity contribution in [1.29, 1.82) is 0 Å². The predicted molar refractivity (Wildman–Crippen MR) is 79.6 cm³/mol. The molecule has 1 amide bonds. The lowest BCUT2D eigenvalue weighted by atomic mass is 9.94. The third-order valence-corrected chi connectivity index (χ3v) is 3.43. The van der Waals surface area contributed by atoms with Crippen molar-refractivity contribution in [2.45, 2.75) is 46.1 Å². The Balaban J connectivity index is 1.91. The van der Waals surface area contributed by atoms with Crippen LogP contribution in [-0.4, -0.2) is 34.5 Å². The lowest BCUT2D eigenvalue weighted by molar-refractivity contribution is -0.127. The van der Waals surface area contributed by atoms with Crippen molar-refractivity contribution in [2.24, 2.45) is 5.92 Å². The average Bonchev–Trinajstić information content (AvgIpc) is 2.37. The fraction of sp³-hybridized carbons (Fsp3) is 0.667. The first-order chi connectivity index (χ1) is 9.35. The third kappa shape index (κ3) is 3.92. The van der Waals surface area contributed by atoms with Crippen LogP contribution in [0.1, 0.15) is 39.3 Å². The molecule has 1 fully saturated rings. The molecule has 0 spiro atoms. The molecular weight excluding hydrogens is 252 g/mol. The van der Waals surface area contributed by atoms with Crippen molar-refractivity contribution in [3.8, 4) is 0 Å². The number of carbonyl (C=O) groups excluding carboxylic acids is 1. The summed E-state index contributed by atoms with van der Waals surface area (Å²) in [5.74, 6) is 1.05. The first-order valence-corrected chi connectivity index (χ1v) is 7.22. The number of nitrogens with one attached hydrogen (secondary N) is 1. The number of piperidine rings is 1. The van der Waals surface area contributed by atoms with E-state index in [1.54, 1.807) is 6.20 Å². The van der Waals surface area contributed by atoms with Crippen molar-refractivity contribution in [1.82, 2.24) is 15.3 Å². The Morgan fingerprint density at radius 3 is 2.55 bits per heavy atom. The molecule has 110 valence electrons. The Kier molecular flexibility index (Phi) is 4.26. The summed E-state index contributed by atoms with van der Waals surface area (Å²) in [7, 11) is 0. The summed E-state index contributed by atoms with van der Waals surface area (Å²) in [6, 6.07) is 1.90. The molecule has 1 N–H and O–H groups in total. The van der Waals surface area contributed by atoms with Gasteiger partial charge in [-0.15, -0.1) is 0 Å². The molecule has 0 radical (unpaired) electrons. The smallest absolute Gasteiger partial charge is 0.225 e. The molecule has 1 saturated heterocycles. The van der Waals surface area contributed by atoms with E-state index in [-0.39, 0.29) is 17.4 Å². The van der Waals surface area contributed by atoms with Gasteiger partial charge in [0.2, 0.25) is 11.9 Å². The second-order valence-electron chi connectivity index (χ2n) is 6.50. The van der Waals surface area contributed by atoms with E-state index in [0.29, 0.717) is 0 Å². The van der Waals surface area contributed by atoms with Crippen LogP contribution < -0.4 is 10.2 Å². The molecular formula is C15H24N4O. The highest BCUT2D eigenvalue weighted by molar-refractivity contribution is 5.79. The molecule has 0 atom stereocenters. The van der Waals surface area contributed by atoms with Crippen molar-refractivity contribution < 1.29 is 4.79 Å². The monoisotopic (exact) mass is 276 g/mol. The fourth-order valence-corrected chi connectivity index (χ4v) is 2.40. The van der Waals surface area contributed by atoms with Crippen LogP contribution in [0.15, 0.2) is 12.3 Å². The van der Waals surface area contributed by atoms with Gasteiger partial charge in [-0.05, 0) is 46.6 Å². The second-order valence-corrected chi connectivity index (χ2v) is 6.50. The first kappa shape index (κ1) is 14.8. The minimum atomic E-state index is -0.159. The van der Waals surface area contributed by atoms with Crippen LogP contribution in [-0.2, 0) is 4.79 Å². The summed E-state index contributed by atoms with van der Waals surface area (Å²) >= 11 is 0. The number of carbonyl (C=O) groups is 1. The SMILES string of the molecule is Cc1ccnc(N2CCC(C(=O)NC(C)(C)C)CC2)n1. The zero-order chi connectivity index (χ0) is 14.8. The molecule has 0 unspecified atom stereocenters. The molecule has 1 aromatic heterocycles. The van der Waals surface area contributed by atoms with Gasteiger partial charge in [0.25, 0.3) is 0 Å². The van der Waals surface area contributed by atoms with Gasteiger partial charge in [0.1, 0.15) is 0 Å². The van der Waals surface area contributed by atoms with E-state index in [1.807, 2.05) is 33.8 Å². The predicted octanol–water partition coefficient (Wildman–Crippen LogP) is 1.92. The minimum Gasteiger partial charge on any atom is -0.351 e. The number of rotatable bonds is 2. The van der Waals surface area contributed by atoms with Crippen LogP contribution in [0.25, 0.3) is 0 Å². The van der Waals surface area contributed by atoms with Crippen LogP contribution in [0.5, 0.6) is 0 Å². The number of nitrogens with zero attached hydrogens (tertiary/aromatic N) is 3. The van der Waals surface area contributed by atoms with Gasteiger partial charge >= 0.3 is 0 Å². The van der Waals surface area contributed by atoms with Crippen molar-refractivity contribution in [3.05, 3.63) is 18.0 Å². The Morgan fingerprint density at radius 2 is 2.00 bits per heavy atom. The molecule has 0 aliphatic carbocycles. The Labute approximate surface area is 120 Å². The number of hydrogen-bond donors (Lipinski definition) is 1. The first-order valence-electron chi connectivity index (χ1n) is 7.22. The van der Waals surface area contributed by atoms with E-state index < -0.39 is 0 Å². The molecule has 5 nitrogen and oxygen atoms in total. The van der Waals surface area contributed by atoms with Crippen LogP contribution in [0.2, 0.25) is 0 Å². The van der Waals surface area contributed by atoms with Gasteiger partial charge in [-0.3, -0.25) is 4.79 Å². The zero-order valence-corrected chi connectivity index (χ0v) is 12.8. The maximum absolute atomic E-state index is 12.2. The van der Waals surface area contributed by atoms with Crippen LogP contribution in [0.3, 0.4) is 0 Å². The maximum atomic E-state index is 12.2. The molecule has 0 saturated carbocycles. The van der Waals surface area contributed by atoms with E-state index in [0.717, 1.165) is 37.6 Å². The molecule has 1 aromatic rings. The summed E-state index contributed by atoms with van der Waals surface area (Å²) in [6.45, 7) is 9.69. The molecule has 2 rings (SSSR count). The summed E-state index contributed by atoms with van der Waals surface area (Å²) in [4.78, 5) is 23.1. The molecule has 20 heavy (non-hydrogen) atoms. The van der Waals surface area contributed by atoms with Gasteiger partial charge in [0.15, 0.2) is 0 Å². The van der Waals surface area contributed by atoms with Crippen molar-refractivity contribution in [2.75, 3.05) is 18.0 Å². The third-order valence-electron chi connectivity index (χ3n) is 3.43. The van der Waals surface area contributed by atoms with Crippen LogP contribution in [0, 0.1) is 12.8 Å². The number of aryl methyl sites for hydroxylation is 1. The van der Waals surface area contributed by atoms with Gasteiger partial charge in [-0.2, -0.15) is 0 Å². The fourth-order valence-electron chi connectivity index (χ4n) is 2.40. The molecule has 5 heteroatoms. The Morgan fingerprint density at radius 1 is 1.35 bits per heavy atom. The van der Waals surface area contributed by atoms with Crippen LogP contribution in [0.4, 0.5) is 5.95 Å². The van der Waals surface area contributed by atoms with Crippen molar-refractivity contribution >= 4 is 11.9 Å². The van der Waals surface area contributed by atoms with E-state index in [4.69, 9.17) is 0 Å². The molecule has 2 heterocycles.